The van der Waals surface area contributed by atoms with E-state index in [1.165, 1.54) is 4.90 Å². The summed E-state index contributed by atoms with van der Waals surface area (Å²) in [5, 5.41) is 12.3. The molecule has 0 aromatic heterocycles. The van der Waals surface area contributed by atoms with Gasteiger partial charge < -0.3 is 24.8 Å². The Kier molecular flexibility index (Phi) is 5.78. The van der Waals surface area contributed by atoms with E-state index in [9.17, 15) is 19.5 Å². The number of carbonyl (C=O) groups excluding carboxylic acids is 2. The molecule has 1 aliphatic carbocycles. The summed E-state index contributed by atoms with van der Waals surface area (Å²) in [7, 11) is 0. The summed E-state index contributed by atoms with van der Waals surface area (Å²) in [6.07, 6.45) is -1.38. The van der Waals surface area contributed by atoms with Gasteiger partial charge in [0.15, 0.2) is 5.54 Å². The Morgan fingerprint density at radius 3 is 2.18 bits per heavy atom. The fraction of sp³-hybridized carbons (Fsp3) is 0.400. The molecule has 1 aliphatic heterocycles. The lowest BCUT2D eigenvalue weighted by Gasteiger charge is -2.27. The van der Waals surface area contributed by atoms with Crippen LogP contribution in [0.5, 0.6) is 0 Å². The summed E-state index contributed by atoms with van der Waals surface area (Å²) in [6, 6.07) is 15.9. The lowest BCUT2D eigenvalue weighted by molar-refractivity contribution is -0.144. The van der Waals surface area contributed by atoms with Gasteiger partial charge in [0.05, 0.1) is 6.54 Å². The van der Waals surface area contributed by atoms with Gasteiger partial charge in [-0.2, -0.15) is 0 Å². The van der Waals surface area contributed by atoms with Gasteiger partial charge in [0.1, 0.15) is 12.2 Å². The van der Waals surface area contributed by atoms with Crippen LogP contribution in [0.3, 0.4) is 0 Å². The van der Waals surface area contributed by atoms with Crippen molar-refractivity contribution in [2.45, 2.75) is 44.2 Å². The smallest absolute Gasteiger partial charge is 0.410 e. The molecule has 0 spiro atoms. The van der Waals surface area contributed by atoms with Crippen molar-refractivity contribution < 1.29 is 29.0 Å². The minimum atomic E-state index is -1.63. The summed E-state index contributed by atoms with van der Waals surface area (Å²) in [5.74, 6) is -1.35. The maximum Gasteiger partial charge on any atom is 0.410 e. The van der Waals surface area contributed by atoms with Gasteiger partial charge in [-0.3, -0.25) is 0 Å². The minimum Gasteiger partial charge on any atom is -0.479 e. The zero-order chi connectivity index (χ0) is 23.8. The van der Waals surface area contributed by atoms with Crippen molar-refractivity contribution in [3.8, 4) is 11.1 Å². The van der Waals surface area contributed by atoms with Gasteiger partial charge >= 0.3 is 18.2 Å². The van der Waals surface area contributed by atoms with Crippen LogP contribution >= 0.6 is 0 Å². The van der Waals surface area contributed by atoms with E-state index < -0.39 is 29.3 Å². The van der Waals surface area contributed by atoms with Gasteiger partial charge in [-0.25, -0.2) is 14.4 Å². The van der Waals surface area contributed by atoms with Crippen LogP contribution in [0, 0.1) is 0 Å². The maximum absolute atomic E-state index is 12.7. The van der Waals surface area contributed by atoms with Crippen LogP contribution in [0.2, 0.25) is 0 Å². The number of benzene rings is 2. The maximum atomic E-state index is 12.7. The first-order chi connectivity index (χ1) is 15.6. The molecule has 0 unspecified atom stereocenters. The Morgan fingerprint density at radius 1 is 1.06 bits per heavy atom. The number of alkyl carbamates (subject to hydrolysis) is 1. The number of nitrogens with zero attached hydrogens (tertiary/aromatic N) is 1. The molecule has 1 heterocycles. The van der Waals surface area contributed by atoms with Gasteiger partial charge in [-0.15, -0.1) is 0 Å². The van der Waals surface area contributed by atoms with Crippen molar-refractivity contribution in [2.75, 3.05) is 19.7 Å². The number of carboxylic acids is 1. The van der Waals surface area contributed by atoms with Crippen molar-refractivity contribution in [1.82, 2.24) is 10.2 Å². The van der Waals surface area contributed by atoms with E-state index >= 15 is 0 Å². The number of aliphatic carboxylic acids is 1. The molecule has 4 rings (SSSR count). The monoisotopic (exact) mass is 452 g/mol. The number of rotatable bonds is 4. The Labute approximate surface area is 192 Å². The zero-order valence-corrected chi connectivity index (χ0v) is 19.0. The first-order valence-corrected chi connectivity index (χ1v) is 10.9. The Hall–Kier alpha value is -3.55. The third kappa shape index (κ3) is 4.51. The van der Waals surface area contributed by atoms with E-state index in [0.717, 1.165) is 22.3 Å². The Bertz CT molecular complexity index is 1050. The molecule has 174 valence electrons. The van der Waals surface area contributed by atoms with Gasteiger partial charge in [-0.05, 0) is 43.0 Å². The number of nitrogens with one attached hydrogen (secondary N) is 1. The highest BCUT2D eigenvalue weighted by Gasteiger charge is 2.49. The van der Waals surface area contributed by atoms with Gasteiger partial charge in [-0.1, -0.05) is 48.5 Å². The summed E-state index contributed by atoms with van der Waals surface area (Å²) in [6.45, 7) is 5.25. The number of amides is 2. The third-order valence-electron chi connectivity index (χ3n) is 6.02. The number of carboxylic acid groups (broad SMARTS) is 1. The average molecular weight is 453 g/mol. The SMILES string of the molecule is CC(C)(C)OC(=O)N1CC[C@@](NC(=O)OCC2c3ccccc3-c3ccccc32)(C(=O)O)C1. The van der Waals surface area contributed by atoms with Crippen molar-refractivity contribution in [3.05, 3.63) is 59.7 Å². The van der Waals surface area contributed by atoms with E-state index in [-0.39, 0.29) is 32.0 Å². The zero-order valence-electron chi connectivity index (χ0n) is 19.0. The molecule has 0 radical (unpaired) electrons. The summed E-state index contributed by atoms with van der Waals surface area (Å²) in [5.41, 5.74) is 2.01. The Balaban J connectivity index is 1.43. The third-order valence-corrected chi connectivity index (χ3v) is 6.02. The van der Waals surface area contributed by atoms with Gasteiger partial charge in [0, 0.05) is 18.9 Å². The Morgan fingerprint density at radius 2 is 1.64 bits per heavy atom. The van der Waals surface area contributed by atoms with Crippen LogP contribution in [0.1, 0.15) is 44.2 Å². The molecule has 8 heteroatoms. The standard InChI is InChI=1S/C25H28N2O6/c1-24(2,3)33-23(31)27-13-12-25(15-27,21(28)29)26-22(30)32-14-20-18-10-6-4-8-16(18)17-9-5-7-11-19(17)20/h4-11,20H,12-15H2,1-3H3,(H,26,30)(H,28,29)/t25-/m0/s1. The van der Waals surface area contributed by atoms with Crippen molar-refractivity contribution in [3.63, 3.8) is 0 Å². The van der Waals surface area contributed by atoms with Crippen molar-refractivity contribution >= 4 is 18.2 Å². The summed E-state index contributed by atoms with van der Waals surface area (Å²) < 4.78 is 10.8. The van der Waals surface area contributed by atoms with Crippen molar-refractivity contribution in [2.24, 2.45) is 0 Å². The largest absolute Gasteiger partial charge is 0.479 e. The molecule has 1 fully saturated rings. The van der Waals surface area contributed by atoms with Gasteiger partial charge in [0.25, 0.3) is 0 Å². The van der Waals surface area contributed by atoms with E-state index in [2.05, 4.69) is 5.32 Å². The number of hydrogen-bond donors (Lipinski definition) is 2. The molecule has 2 aromatic rings. The molecular formula is C25H28N2O6. The highest BCUT2D eigenvalue weighted by atomic mass is 16.6. The quantitative estimate of drug-likeness (QED) is 0.727. The molecule has 0 bridgehead atoms. The molecule has 0 saturated carbocycles. The van der Waals surface area contributed by atoms with Crippen LogP contribution in [0.4, 0.5) is 9.59 Å². The van der Waals surface area contributed by atoms with E-state index in [4.69, 9.17) is 9.47 Å². The van der Waals surface area contributed by atoms with E-state index in [0.29, 0.717) is 0 Å². The second-order valence-corrected chi connectivity index (χ2v) is 9.49. The van der Waals surface area contributed by atoms with Crippen LogP contribution in [-0.2, 0) is 14.3 Å². The molecule has 2 aliphatic rings. The van der Waals surface area contributed by atoms with Crippen LogP contribution in [-0.4, -0.2) is 59.0 Å². The predicted octanol–water partition coefficient (Wildman–Crippen LogP) is 3.99. The first kappa shape index (κ1) is 22.6. The molecule has 2 amide bonds. The fourth-order valence-electron chi connectivity index (χ4n) is 4.45. The minimum absolute atomic E-state index is 0.0613. The number of likely N-dealkylation sites (tertiary alicyclic amines) is 1. The molecule has 8 nitrogen and oxygen atoms in total. The van der Waals surface area contributed by atoms with E-state index in [1.807, 2.05) is 48.5 Å². The molecular weight excluding hydrogens is 424 g/mol. The van der Waals surface area contributed by atoms with Crippen LogP contribution < -0.4 is 5.32 Å². The number of hydrogen-bond acceptors (Lipinski definition) is 5. The molecule has 1 saturated heterocycles. The average Bonchev–Trinajstić information content (AvgIpc) is 3.32. The lowest BCUT2D eigenvalue weighted by atomic mass is 9.98. The normalized spacial score (nSPS) is 19.5. The van der Waals surface area contributed by atoms with Crippen LogP contribution in [0.15, 0.2) is 48.5 Å². The summed E-state index contributed by atoms with van der Waals surface area (Å²) in [4.78, 5) is 38.4. The molecule has 1 atom stereocenters. The second-order valence-electron chi connectivity index (χ2n) is 9.49. The first-order valence-electron chi connectivity index (χ1n) is 10.9. The number of fused-ring (bicyclic) bond motifs is 3. The van der Waals surface area contributed by atoms with Gasteiger partial charge in [0.2, 0.25) is 0 Å². The van der Waals surface area contributed by atoms with E-state index in [1.54, 1.807) is 20.8 Å². The molecule has 2 N–H and O–H groups in total. The summed E-state index contributed by atoms with van der Waals surface area (Å²) >= 11 is 0. The lowest BCUT2D eigenvalue weighted by Crippen LogP contribution is -2.57. The number of carbonyl (C=O) groups is 3. The molecule has 2 aromatic carbocycles. The second kappa shape index (κ2) is 8.42. The highest BCUT2D eigenvalue weighted by molar-refractivity contribution is 5.86. The van der Waals surface area contributed by atoms with Crippen molar-refractivity contribution in [1.29, 1.82) is 0 Å². The highest BCUT2D eigenvalue weighted by Crippen LogP contribution is 2.44. The predicted molar refractivity (Wildman–Crippen MR) is 121 cm³/mol. The number of ether oxygens (including phenoxy) is 2. The molecule has 33 heavy (non-hydrogen) atoms. The van der Waals surface area contributed by atoms with Crippen LogP contribution in [0.25, 0.3) is 11.1 Å². The fourth-order valence-corrected chi connectivity index (χ4v) is 4.45. The topological polar surface area (TPSA) is 105 Å².